The van der Waals surface area contributed by atoms with Gasteiger partial charge >= 0.3 is 5.97 Å². The van der Waals surface area contributed by atoms with Gasteiger partial charge in [0.05, 0.1) is 0 Å². The fourth-order valence-corrected chi connectivity index (χ4v) is 1.93. The Bertz CT molecular complexity index is 338. The summed E-state index contributed by atoms with van der Waals surface area (Å²) in [5.41, 5.74) is 6.47. The first-order valence-corrected chi connectivity index (χ1v) is 7.22. The van der Waals surface area contributed by atoms with Gasteiger partial charge in [0.1, 0.15) is 6.61 Å². The molecule has 0 fully saturated rings. The van der Waals surface area contributed by atoms with Crippen LogP contribution in [0.3, 0.4) is 0 Å². The van der Waals surface area contributed by atoms with E-state index in [9.17, 15) is 4.79 Å². The first-order valence-electron chi connectivity index (χ1n) is 7.22. The molecule has 0 saturated heterocycles. The minimum atomic E-state index is -0.0918. The Kier molecular flexibility index (Phi) is 8.73. The van der Waals surface area contributed by atoms with Crippen molar-refractivity contribution in [2.45, 2.75) is 51.6 Å². The zero-order valence-corrected chi connectivity index (χ0v) is 11.6. The Morgan fingerprint density at radius 1 is 0.947 bits per heavy atom. The Balaban J connectivity index is 1.96. The molecular weight excluding hydrogens is 238 g/mol. The Hall–Kier alpha value is -1.35. The van der Waals surface area contributed by atoms with Crippen molar-refractivity contribution in [2.24, 2.45) is 5.73 Å². The van der Waals surface area contributed by atoms with E-state index in [1.807, 2.05) is 30.3 Å². The summed E-state index contributed by atoms with van der Waals surface area (Å²) in [7, 11) is 0. The predicted octanol–water partition coefficient (Wildman–Crippen LogP) is 3.42. The molecule has 0 aliphatic heterocycles. The lowest BCUT2D eigenvalue weighted by molar-refractivity contribution is -0.145. The molecule has 0 unspecified atom stereocenters. The average Bonchev–Trinajstić information content (AvgIpc) is 2.45. The summed E-state index contributed by atoms with van der Waals surface area (Å²) in [4.78, 5) is 11.5. The smallest absolute Gasteiger partial charge is 0.306 e. The second kappa shape index (κ2) is 10.6. The van der Waals surface area contributed by atoms with Crippen molar-refractivity contribution in [1.29, 1.82) is 0 Å². The van der Waals surface area contributed by atoms with Crippen molar-refractivity contribution in [3.8, 4) is 0 Å². The Morgan fingerprint density at radius 3 is 2.26 bits per heavy atom. The average molecular weight is 263 g/mol. The molecular formula is C16H25NO2. The van der Waals surface area contributed by atoms with Crippen LogP contribution in [0.5, 0.6) is 0 Å². The summed E-state index contributed by atoms with van der Waals surface area (Å²) >= 11 is 0. The van der Waals surface area contributed by atoms with Crippen molar-refractivity contribution in [2.75, 3.05) is 6.54 Å². The minimum Gasteiger partial charge on any atom is -0.461 e. The maximum absolute atomic E-state index is 11.5. The maximum atomic E-state index is 11.5. The Labute approximate surface area is 116 Å². The van der Waals surface area contributed by atoms with E-state index < -0.39 is 0 Å². The van der Waals surface area contributed by atoms with E-state index in [-0.39, 0.29) is 5.97 Å². The second-order valence-corrected chi connectivity index (χ2v) is 4.81. The molecule has 0 aliphatic carbocycles. The number of nitrogens with two attached hydrogens (primary N) is 1. The predicted molar refractivity (Wildman–Crippen MR) is 77.6 cm³/mol. The number of hydrogen-bond donors (Lipinski definition) is 1. The van der Waals surface area contributed by atoms with E-state index in [2.05, 4.69) is 0 Å². The summed E-state index contributed by atoms with van der Waals surface area (Å²) in [6, 6.07) is 9.78. The van der Waals surface area contributed by atoms with Crippen molar-refractivity contribution in [3.05, 3.63) is 35.9 Å². The molecule has 1 aromatic rings. The molecule has 19 heavy (non-hydrogen) atoms. The molecule has 0 heterocycles. The van der Waals surface area contributed by atoms with Gasteiger partial charge in [0.15, 0.2) is 0 Å². The van der Waals surface area contributed by atoms with Crippen LogP contribution in [0.25, 0.3) is 0 Å². The monoisotopic (exact) mass is 263 g/mol. The van der Waals surface area contributed by atoms with Gasteiger partial charge in [0.2, 0.25) is 0 Å². The fraction of sp³-hybridized carbons (Fsp3) is 0.562. The molecule has 3 nitrogen and oxygen atoms in total. The number of esters is 1. The van der Waals surface area contributed by atoms with E-state index in [0.29, 0.717) is 13.0 Å². The van der Waals surface area contributed by atoms with Gasteiger partial charge in [-0.3, -0.25) is 4.79 Å². The molecule has 0 aliphatic rings. The molecule has 1 rings (SSSR count). The molecule has 1 aromatic carbocycles. The van der Waals surface area contributed by atoms with E-state index in [1.165, 1.54) is 19.3 Å². The molecule has 2 N–H and O–H groups in total. The highest BCUT2D eigenvalue weighted by Crippen LogP contribution is 2.08. The van der Waals surface area contributed by atoms with Crippen molar-refractivity contribution in [3.63, 3.8) is 0 Å². The third-order valence-corrected chi connectivity index (χ3v) is 3.08. The van der Waals surface area contributed by atoms with Gasteiger partial charge < -0.3 is 10.5 Å². The van der Waals surface area contributed by atoms with Crippen LogP contribution in [-0.2, 0) is 16.1 Å². The molecule has 0 atom stereocenters. The van der Waals surface area contributed by atoms with Crippen LogP contribution in [-0.4, -0.2) is 12.5 Å². The van der Waals surface area contributed by atoms with Crippen LogP contribution in [0.15, 0.2) is 30.3 Å². The van der Waals surface area contributed by atoms with Gasteiger partial charge in [-0.2, -0.15) is 0 Å². The number of rotatable bonds is 10. The number of carbonyl (C=O) groups excluding carboxylic acids is 1. The third kappa shape index (κ3) is 8.38. The summed E-state index contributed by atoms with van der Waals surface area (Å²) in [6.07, 6.45) is 7.28. The molecule has 0 amide bonds. The minimum absolute atomic E-state index is 0.0918. The molecule has 0 saturated carbocycles. The van der Waals surface area contributed by atoms with Crippen LogP contribution in [0.2, 0.25) is 0 Å². The van der Waals surface area contributed by atoms with Gasteiger partial charge in [-0.15, -0.1) is 0 Å². The number of benzene rings is 1. The highest BCUT2D eigenvalue weighted by Gasteiger charge is 2.02. The van der Waals surface area contributed by atoms with Gasteiger partial charge in [-0.1, -0.05) is 56.0 Å². The lowest BCUT2D eigenvalue weighted by Gasteiger charge is -2.05. The highest BCUT2D eigenvalue weighted by molar-refractivity contribution is 5.69. The van der Waals surface area contributed by atoms with Crippen LogP contribution < -0.4 is 5.73 Å². The third-order valence-electron chi connectivity index (χ3n) is 3.08. The molecule has 106 valence electrons. The van der Waals surface area contributed by atoms with E-state index >= 15 is 0 Å². The summed E-state index contributed by atoms with van der Waals surface area (Å²) in [5.74, 6) is -0.0918. The van der Waals surface area contributed by atoms with Gasteiger partial charge in [0, 0.05) is 6.42 Å². The summed E-state index contributed by atoms with van der Waals surface area (Å²) in [6.45, 7) is 1.17. The first kappa shape index (κ1) is 15.7. The molecule has 0 aromatic heterocycles. The SMILES string of the molecule is NCCCCCCCCC(=O)OCc1ccccc1. The van der Waals surface area contributed by atoms with Crippen molar-refractivity contribution < 1.29 is 9.53 Å². The Morgan fingerprint density at radius 2 is 1.58 bits per heavy atom. The number of carbonyl (C=O) groups is 1. The normalized spacial score (nSPS) is 10.4. The van der Waals surface area contributed by atoms with Crippen LogP contribution in [0, 0.1) is 0 Å². The molecule has 3 heteroatoms. The number of hydrogen-bond acceptors (Lipinski definition) is 3. The van der Waals surface area contributed by atoms with Crippen LogP contribution in [0.4, 0.5) is 0 Å². The van der Waals surface area contributed by atoms with Crippen molar-refractivity contribution >= 4 is 5.97 Å². The summed E-state index contributed by atoms with van der Waals surface area (Å²) < 4.78 is 5.22. The maximum Gasteiger partial charge on any atom is 0.306 e. The zero-order chi connectivity index (χ0) is 13.8. The quantitative estimate of drug-likeness (QED) is 0.520. The summed E-state index contributed by atoms with van der Waals surface area (Å²) in [5, 5.41) is 0. The number of unbranched alkanes of at least 4 members (excludes halogenated alkanes) is 5. The lowest BCUT2D eigenvalue weighted by atomic mass is 10.1. The standard InChI is InChI=1S/C16H25NO2/c17-13-9-4-2-1-3-8-12-16(18)19-14-15-10-6-5-7-11-15/h5-7,10-11H,1-4,8-9,12-14,17H2. The van der Waals surface area contributed by atoms with Gasteiger partial charge in [-0.25, -0.2) is 0 Å². The van der Waals surface area contributed by atoms with Gasteiger partial charge in [0.25, 0.3) is 0 Å². The second-order valence-electron chi connectivity index (χ2n) is 4.81. The zero-order valence-electron chi connectivity index (χ0n) is 11.6. The largest absolute Gasteiger partial charge is 0.461 e. The van der Waals surface area contributed by atoms with E-state index in [0.717, 1.165) is 31.4 Å². The molecule has 0 radical (unpaired) electrons. The van der Waals surface area contributed by atoms with Gasteiger partial charge in [-0.05, 0) is 24.9 Å². The van der Waals surface area contributed by atoms with Crippen LogP contribution in [0.1, 0.15) is 50.5 Å². The lowest BCUT2D eigenvalue weighted by Crippen LogP contribution is -2.04. The fourth-order valence-electron chi connectivity index (χ4n) is 1.93. The first-order chi connectivity index (χ1) is 9.33. The van der Waals surface area contributed by atoms with E-state index in [4.69, 9.17) is 10.5 Å². The topological polar surface area (TPSA) is 52.3 Å². The van der Waals surface area contributed by atoms with Crippen molar-refractivity contribution in [1.82, 2.24) is 0 Å². The number of ether oxygens (including phenoxy) is 1. The molecule has 0 spiro atoms. The van der Waals surface area contributed by atoms with E-state index in [1.54, 1.807) is 0 Å². The highest BCUT2D eigenvalue weighted by atomic mass is 16.5. The molecule has 0 bridgehead atoms. The van der Waals surface area contributed by atoms with Crippen LogP contribution >= 0.6 is 0 Å².